The van der Waals surface area contributed by atoms with Crippen molar-refractivity contribution in [3.05, 3.63) is 23.1 Å². The fourth-order valence-electron chi connectivity index (χ4n) is 4.15. The third-order valence-electron chi connectivity index (χ3n) is 5.71. The molecule has 0 unspecified atom stereocenters. The largest absolute Gasteiger partial charge is 0.396 e. The van der Waals surface area contributed by atoms with Crippen molar-refractivity contribution in [2.75, 3.05) is 18.2 Å². The lowest BCUT2D eigenvalue weighted by atomic mass is 10.00. The Morgan fingerprint density at radius 2 is 1.90 bits per heavy atom. The van der Waals surface area contributed by atoms with Crippen LogP contribution in [-0.4, -0.2) is 53.6 Å². The Balaban J connectivity index is 1.74. The Hall–Kier alpha value is -2.26. The molecule has 0 fully saturated rings. The van der Waals surface area contributed by atoms with Gasteiger partial charge in [0.25, 0.3) is 0 Å². The normalized spacial score (nSPS) is 14.6. The van der Waals surface area contributed by atoms with Gasteiger partial charge in [-0.2, -0.15) is 14.6 Å². The topological polar surface area (TPSA) is 101 Å². The molecule has 166 valence electrons. The third-order valence-corrected chi connectivity index (χ3v) is 6.26. The van der Waals surface area contributed by atoms with Gasteiger partial charge in [-0.1, -0.05) is 25.1 Å². The van der Waals surface area contributed by atoms with Crippen LogP contribution in [0.2, 0.25) is 0 Å². The van der Waals surface area contributed by atoms with E-state index in [1.165, 1.54) is 24.6 Å². The molecule has 31 heavy (non-hydrogen) atoms. The van der Waals surface area contributed by atoms with Crippen molar-refractivity contribution in [1.29, 1.82) is 0 Å². The Morgan fingerprint density at radius 3 is 2.61 bits per heavy atom. The van der Waals surface area contributed by atoms with Crippen LogP contribution in [0.25, 0.3) is 17.0 Å². The summed E-state index contributed by atoms with van der Waals surface area (Å²) in [6.07, 6.45) is 10.0. The molecule has 4 rings (SSSR count). The van der Waals surface area contributed by atoms with Crippen molar-refractivity contribution in [2.45, 2.75) is 76.4 Å². The van der Waals surface area contributed by atoms with Crippen LogP contribution in [0.3, 0.4) is 0 Å². The number of rotatable bonds is 9. The van der Waals surface area contributed by atoms with Crippen molar-refractivity contribution < 1.29 is 5.11 Å². The van der Waals surface area contributed by atoms with E-state index in [1.54, 1.807) is 4.52 Å². The van der Waals surface area contributed by atoms with Gasteiger partial charge in [-0.3, -0.25) is 4.98 Å². The molecule has 3 aromatic rings. The summed E-state index contributed by atoms with van der Waals surface area (Å²) >= 11 is 1.51. The van der Waals surface area contributed by atoms with Crippen molar-refractivity contribution in [2.24, 2.45) is 0 Å². The number of hydrogen-bond donors (Lipinski definition) is 2. The highest BCUT2D eigenvalue weighted by Crippen LogP contribution is 2.27. The molecule has 1 aliphatic rings. The molecule has 8 nitrogen and oxygen atoms in total. The lowest BCUT2D eigenvalue weighted by Gasteiger charge is -2.19. The van der Waals surface area contributed by atoms with E-state index >= 15 is 0 Å². The summed E-state index contributed by atoms with van der Waals surface area (Å²) in [5, 5.41) is 18.3. The third kappa shape index (κ3) is 4.82. The second-order valence-electron chi connectivity index (χ2n) is 8.09. The zero-order valence-electron chi connectivity index (χ0n) is 18.6. The minimum absolute atomic E-state index is 0.194. The average Bonchev–Trinajstić information content (AvgIpc) is 3.21. The van der Waals surface area contributed by atoms with Gasteiger partial charge in [0.05, 0.1) is 17.1 Å². The number of aliphatic hydroxyl groups is 1. The summed E-state index contributed by atoms with van der Waals surface area (Å²) in [6.45, 7) is 4.37. The van der Waals surface area contributed by atoms with Gasteiger partial charge in [0.1, 0.15) is 11.4 Å². The molecule has 0 spiro atoms. The van der Waals surface area contributed by atoms with E-state index in [-0.39, 0.29) is 12.6 Å². The average molecular weight is 442 g/mol. The zero-order valence-corrected chi connectivity index (χ0v) is 19.4. The fourth-order valence-corrected chi connectivity index (χ4v) is 4.52. The van der Waals surface area contributed by atoms with E-state index in [0.717, 1.165) is 72.6 Å². The van der Waals surface area contributed by atoms with E-state index in [2.05, 4.69) is 17.2 Å². The van der Waals surface area contributed by atoms with Crippen molar-refractivity contribution in [3.63, 3.8) is 0 Å². The van der Waals surface area contributed by atoms with Gasteiger partial charge >= 0.3 is 0 Å². The molecule has 0 aliphatic heterocycles. The van der Waals surface area contributed by atoms with E-state index in [9.17, 15) is 5.11 Å². The summed E-state index contributed by atoms with van der Waals surface area (Å²) < 4.78 is 1.78. The molecular weight excluding hydrogens is 410 g/mol. The Bertz CT molecular complexity index is 1050. The van der Waals surface area contributed by atoms with E-state index < -0.39 is 0 Å². The summed E-state index contributed by atoms with van der Waals surface area (Å²) in [4.78, 5) is 19.1. The highest BCUT2D eigenvalue weighted by atomic mass is 32.2. The molecule has 2 N–H and O–H groups in total. The molecule has 0 bridgehead atoms. The van der Waals surface area contributed by atoms with E-state index in [4.69, 9.17) is 20.1 Å². The predicted molar refractivity (Wildman–Crippen MR) is 124 cm³/mol. The standard InChI is InChI=1S/C22H31N7OS/c1-4-8-15(9-7-12-30)24-21-27-22(31-3)26-19-13-18(28-29(19)21)20-14(2)23-16-10-5-6-11-17(16)25-20/h13,15,30H,4-12H2,1-3H3,(H,24,26,27)/t15-/m1/s1. The number of thioether (sulfide) groups is 1. The second kappa shape index (κ2) is 9.91. The summed E-state index contributed by atoms with van der Waals surface area (Å²) in [6, 6.07) is 2.20. The summed E-state index contributed by atoms with van der Waals surface area (Å²) in [5.74, 6) is 0.681. The minimum Gasteiger partial charge on any atom is -0.396 e. The van der Waals surface area contributed by atoms with E-state index in [1.807, 2.05) is 19.2 Å². The number of hydrogen-bond acceptors (Lipinski definition) is 8. The molecule has 9 heteroatoms. The first-order valence-electron chi connectivity index (χ1n) is 11.2. The van der Waals surface area contributed by atoms with Crippen LogP contribution >= 0.6 is 11.8 Å². The Kier molecular flexibility index (Phi) is 7.02. The number of fused-ring (bicyclic) bond motifs is 2. The Morgan fingerprint density at radius 1 is 1.13 bits per heavy atom. The van der Waals surface area contributed by atoms with Gasteiger partial charge < -0.3 is 10.4 Å². The van der Waals surface area contributed by atoms with Crippen molar-refractivity contribution >= 4 is 23.4 Å². The van der Waals surface area contributed by atoms with Gasteiger partial charge in [0, 0.05) is 18.7 Å². The number of anilines is 1. The van der Waals surface area contributed by atoms with Gasteiger partial charge in [-0.05, 0) is 58.1 Å². The van der Waals surface area contributed by atoms with Crippen LogP contribution in [0.4, 0.5) is 5.95 Å². The quantitative estimate of drug-likeness (QED) is 0.483. The van der Waals surface area contributed by atoms with Crippen LogP contribution in [0.15, 0.2) is 11.2 Å². The first-order chi connectivity index (χ1) is 15.1. The lowest BCUT2D eigenvalue weighted by Crippen LogP contribution is -2.23. The maximum Gasteiger partial charge on any atom is 0.228 e. The second-order valence-corrected chi connectivity index (χ2v) is 8.86. The number of nitrogens with zero attached hydrogens (tertiary/aromatic N) is 6. The maximum atomic E-state index is 9.26. The molecule has 0 saturated heterocycles. The molecule has 0 saturated carbocycles. The van der Waals surface area contributed by atoms with Crippen LogP contribution < -0.4 is 5.32 Å². The van der Waals surface area contributed by atoms with E-state index in [0.29, 0.717) is 11.1 Å². The molecule has 3 aromatic heterocycles. The van der Waals surface area contributed by atoms with Gasteiger partial charge in [-0.25, -0.2) is 9.97 Å². The summed E-state index contributed by atoms with van der Waals surface area (Å²) in [7, 11) is 0. The van der Waals surface area contributed by atoms with Gasteiger partial charge in [0.2, 0.25) is 5.95 Å². The minimum atomic E-state index is 0.194. The smallest absolute Gasteiger partial charge is 0.228 e. The Labute approximate surface area is 187 Å². The van der Waals surface area contributed by atoms with Crippen LogP contribution in [0, 0.1) is 6.92 Å². The van der Waals surface area contributed by atoms with Crippen molar-refractivity contribution in [3.8, 4) is 11.4 Å². The molecule has 1 aliphatic carbocycles. The predicted octanol–water partition coefficient (Wildman–Crippen LogP) is 3.84. The SMILES string of the molecule is CCC[C@H](CCCO)Nc1nc(SC)nc2cc(-c3nc4c(nc3C)CCCC4)nn12. The number of aryl methyl sites for hydroxylation is 3. The van der Waals surface area contributed by atoms with Crippen LogP contribution in [0.5, 0.6) is 0 Å². The first-order valence-corrected chi connectivity index (χ1v) is 12.4. The lowest BCUT2D eigenvalue weighted by molar-refractivity contribution is 0.280. The number of aromatic nitrogens is 6. The monoisotopic (exact) mass is 441 g/mol. The highest BCUT2D eigenvalue weighted by Gasteiger charge is 2.20. The molecule has 0 aromatic carbocycles. The summed E-state index contributed by atoms with van der Waals surface area (Å²) in [5.41, 5.74) is 5.49. The molecule has 3 heterocycles. The zero-order chi connectivity index (χ0) is 21.8. The molecule has 0 amide bonds. The maximum absolute atomic E-state index is 9.26. The van der Waals surface area contributed by atoms with Gasteiger partial charge in [-0.15, -0.1) is 0 Å². The van der Waals surface area contributed by atoms with Crippen molar-refractivity contribution in [1.82, 2.24) is 29.5 Å². The molecular formula is C22H31N7OS. The first kappa shape index (κ1) is 22.0. The highest BCUT2D eigenvalue weighted by molar-refractivity contribution is 7.98. The molecule has 1 atom stereocenters. The van der Waals surface area contributed by atoms with Gasteiger partial charge in [0.15, 0.2) is 10.8 Å². The van der Waals surface area contributed by atoms with Crippen LogP contribution in [0.1, 0.15) is 62.5 Å². The molecule has 0 radical (unpaired) electrons. The fraction of sp³-hybridized carbons (Fsp3) is 0.591. The number of nitrogens with one attached hydrogen (secondary N) is 1. The number of aliphatic hydroxyl groups excluding tert-OH is 1. The van der Waals surface area contributed by atoms with Crippen LogP contribution in [-0.2, 0) is 12.8 Å².